The number of hydrogen-bond acceptors (Lipinski definition) is 2. The van der Waals surface area contributed by atoms with E-state index in [-0.39, 0.29) is 0 Å². The van der Waals surface area contributed by atoms with Crippen LogP contribution in [-0.2, 0) is 7.05 Å². The predicted octanol–water partition coefficient (Wildman–Crippen LogP) is 2.15. The molecule has 1 aromatic carbocycles. The molecule has 0 saturated carbocycles. The fourth-order valence-corrected chi connectivity index (χ4v) is 1.74. The van der Waals surface area contributed by atoms with Gasteiger partial charge in [-0.1, -0.05) is 31.2 Å². The smallest absolute Gasteiger partial charge is 0.139 e. The van der Waals surface area contributed by atoms with Gasteiger partial charge in [0.1, 0.15) is 5.82 Å². The maximum absolute atomic E-state index is 5.64. The van der Waals surface area contributed by atoms with Crippen molar-refractivity contribution in [3.8, 4) is 11.4 Å². The summed E-state index contributed by atoms with van der Waals surface area (Å²) in [6.07, 6.45) is 3.76. The summed E-state index contributed by atoms with van der Waals surface area (Å²) in [6, 6.07) is 8.46. The third-order valence-electron chi connectivity index (χ3n) is 2.91. The highest BCUT2D eigenvalue weighted by Gasteiger charge is 2.05. The van der Waals surface area contributed by atoms with E-state index in [1.807, 2.05) is 24.0 Å². The lowest BCUT2D eigenvalue weighted by Gasteiger charge is -2.09. The van der Waals surface area contributed by atoms with E-state index in [9.17, 15) is 0 Å². The molecule has 0 amide bonds. The van der Waals surface area contributed by atoms with Crippen LogP contribution in [-0.4, -0.2) is 16.1 Å². The Morgan fingerprint density at radius 2 is 2.00 bits per heavy atom. The lowest BCUT2D eigenvalue weighted by molar-refractivity contribution is 0.774. The lowest BCUT2D eigenvalue weighted by atomic mass is 10.00. The summed E-state index contributed by atoms with van der Waals surface area (Å²) in [4.78, 5) is 4.32. The number of rotatable bonds is 3. The summed E-state index contributed by atoms with van der Waals surface area (Å²) in [5, 5.41) is 0. The second-order valence-corrected chi connectivity index (χ2v) is 4.12. The molecule has 1 atom stereocenters. The molecule has 0 aliphatic heterocycles. The largest absolute Gasteiger partial charge is 0.334 e. The molecule has 2 aromatic rings. The summed E-state index contributed by atoms with van der Waals surface area (Å²) in [6.45, 7) is 2.82. The van der Waals surface area contributed by atoms with Crippen LogP contribution in [0.3, 0.4) is 0 Å². The zero-order chi connectivity index (χ0) is 11.5. The van der Waals surface area contributed by atoms with Gasteiger partial charge in [0.2, 0.25) is 0 Å². The molecule has 84 valence electrons. The normalized spacial score (nSPS) is 12.7. The molecule has 2 rings (SSSR count). The van der Waals surface area contributed by atoms with E-state index in [1.165, 1.54) is 5.56 Å². The average molecular weight is 215 g/mol. The highest BCUT2D eigenvalue weighted by atomic mass is 15.0. The van der Waals surface area contributed by atoms with E-state index in [4.69, 9.17) is 5.73 Å². The monoisotopic (exact) mass is 215 g/mol. The van der Waals surface area contributed by atoms with Crippen molar-refractivity contribution in [1.29, 1.82) is 0 Å². The summed E-state index contributed by atoms with van der Waals surface area (Å²) < 4.78 is 2.02. The van der Waals surface area contributed by atoms with Gasteiger partial charge in [-0.15, -0.1) is 0 Å². The first-order valence-corrected chi connectivity index (χ1v) is 5.50. The van der Waals surface area contributed by atoms with Gasteiger partial charge in [-0.05, 0) is 18.0 Å². The fourth-order valence-electron chi connectivity index (χ4n) is 1.74. The van der Waals surface area contributed by atoms with Crippen LogP contribution in [0.25, 0.3) is 11.4 Å². The molecule has 0 bridgehead atoms. The first-order valence-electron chi connectivity index (χ1n) is 5.50. The van der Waals surface area contributed by atoms with Crippen LogP contribution in [0.4, 0.5) is 0 Å². The van der Waals surface area contributed by atoms with Gasteiger partial charge in [-0.25, -0.2) is 4.98 Å². The van der Waals surface area contributed by atoms with Crippen molar-refractivity contribution in [2.24, 2.45) is 12.8 Å². The van der Waals surface area contributed by atoms with E-state index in [2.05, 4.69) is 36.2 Å². The molecular weight excluding hydrogens is 198 g/mol. The number of aromatic nitrogens is 2. The summed E-state index contributed by atoms with van der Waals surface area (Å²) in [7, 11) is 2.00. The Labute approximate surface area is 95.9 Å². The van der Waals surface area contributed by atoms with Crippen LogP contribution in [0, 0.1) is 0 Å². The molecular formula is C13H17N3. The maximum atomic E-state index is 5.64. The number of nitrogens with zero attached hydrogens (tertiary/aromatic N) is 2. The Morgan fingerprint density at radius 1 is 1.31 bits per heavy atom. The molecule has 0 fully saturated rings. The predicted molar refractivity (Wildman–Crippen MR) is 66.1 cm³/mol. The number of aryl methyl sites for hydroxylation is 1. The van der Waals surface area contributed by atoms with E-state index in [0.29, 0.717) is 12.5 Å². The third kappa shape index (κ3) is 1.99. The quantitative estimate of drug-likeness (QED) is 0.852. The molecule has 0 aliphatic rings. The van der Waals surface area contributed by atoms with Gasteiger partial charge in [-0.3, -0.25) is 0 Å². The third-order valence-corrected chi connectivity index (χ3v) is 2.91. The van der Waals surface area contributed by atoms with Gasteiger partial charge >= 0.3 is 0 Å². The minimum Gasteiger partial charge on any atom is -0.334 e. The van der Waals surface area contributed by atoms with Gasteiger partial charge in [0.25, 0.3) is 0 Å². The highest BCUT2D eigenvalue weighted by Crippen LogP contribution is 2.20. The molecule has 0 radical (unpaired) electrons. The molecule has 2 N–H and O–H groups in total. The van der Waals surface area contributed by atoms with Gasteiger partial charge in [-0.2, -0.15) is 0 Å². The number of benzene rings is 1. The minimum absolute atomic E-state index is 0.412. The van der Waals surface area contributed by atoms with Crippen molar-refractivity contribution in [2.75, 3.05) is 6.54 Å². The Hall–Kier alpha value is -1.61. The van der Waals surface area contributed by atoms with E-state index >= 15 is 0 Å². The van der Waals surface area contributed by atoms with Crippen LogP contribution in [0.2, 0.25) is 0 Å². The van der Waals surface area contributed by atoms with Gasteiger partial charge in [0.05, 0.1) is 0 Å². The van der Waals surface area contributed by atoms with Gasteiger partial charge in [0.15, 0.2) is 0 Å². The van der Waals surface area contributed by atoms with Crippen LogP contribution in [0.15, 0.2) is 36.7 Å². The Bertz CT molecular complexity index is 456. The molecule has 0 aliphatic carbocycles. The van der Waals surface area contributed by atoms with Crippen LogP contribution in [0.5, 0.6) is 0 Å². The highest BCUT2D eigenvalue weighted by molar-refractivity contribution is 5.56. The average Bonchev–Trinajstić information content (AvgIpc) is 2.75. The standard InChI is InChI=1S/C13H17N3/c1-10(9-14)11-3-5-12(6-4-11)13-15-7-8-16(13)2/h3-8,10H,9,14H2,1-2H3. The van der Waals surface area contributed by atoms with Crippen LogP contribution >= 0.6 is 0 Å². The first kappa shape index (κ1) is 10.9. The Kier molecular flexibility index (Phi) is 3.06. The molecule has 0 saturated heterocycles. The first-order chi connectivity index (χ1) is 7.72. The molecule has 16 heavy (non-hydrogen) atoms. The number of hydrogen-bond donors (Lipinski definition) is 1. The molecule has 3 heteroatoms. The van der Waals surface area contributed by atoms with E-state index < -0.39 is 0 Å². The van der Waals surface area contributed by atoms with Crippen molar-refractivity contribution >= 4 is 0 Å². The van der Waals surface area contributed by atoms with Crippen LogP contribution < -0.4 is 5.73 Å². The Balaban J connectivity index is 2.30. The van der Waals surface area contributed by atoms with Gasteiger partial charge < -0.3 is 10.3 Å². The van der Waals surface area contributed by atoms with E-state index in [1.54, 1.807) is 0 Å². The fraction of sp³-hybridized carbons (Fsp3) is 0.308. The zero-order valence-corrected chi connectivity index (χ0v) is 9.72. The van der Waals surface area contributed by atoms with Crippen molar-refractivity contribution in [1.82, 2.24) is 9.55 Å². The molecule has 1 unspecified atom stereocenters. The van der Waals surface area contributed by atoms with Crippen molar-refractivity contribution in [3.05, 3.63) is 42.2 Å². The van der Waals surface area contributed by atoms with Gasteiger partial charge in [0, 0.05) is 25.0 Å². The summed E-state index contributed by atoms with van der Waals surface area (Å²) in [5.41, 5.74) is 8.06. The second-order valence-electron chi connectivity index (χ2n) is 4.12. The molecule has 1 heterocycles. The van der Waals surface area contributed by atoms with Crippen molar-refractivity contribution in [3.63, 3.8) is 0 Å². The van der Waals surface area contributed by atoms with Crippen molar-refractivity contribution in [2.45, 2.75) is 12.8 Å². The van der Waals surface area contributed by atoms with Crippen molar-refractivity contribution < 1.29 is 0 Å². The zero-order valence-electron chi connectivity index (χ0n) is 9.72. The molecule has 1 aromatic heterocycles. The topological polar surface area (TPSA) is 43.8 Å². The minimum atomic E-state index is 0.412. The second kappa shape index (κ2) is 4.49. The van der Waals surface area contributed by atoms with Crippen LogP contribution in [0.1, 0.15) is 18.4 Å². The SMILES string of the molecule is CC(CN)c1ccc(-c2nccn2C)cc1. The number of imidazole rings is 1. The maximum Gasteiger partial charge on any atom is 0.139 e. The molecule has 0 spiro atoms. The lowest BCUT2D eigenvalue weighted by Crippen LogP contribution is -2.08. The summed E-state index contributed by atoms with van der Waals surface area (Å²) in [5.74, 6) is 1.40. The molecule has 3 nitrogen and oxygen atoms in total. The van der Waals surface area contributed by atoms with E-state index in [0.717, 1.165) is 11.4 Å². The Morgan fingerprint density at radius 3 is 2.50 bits per heavy atom. The number of nitrogens with two attached hydrogens (primary N) is 1. The summed E-state index contributed by atoms with van der Waals surface area (Å²) >= 11 is 0.